The number of hydrogen-bond donors (Lipinski definition) is 1. The number of thiophene rings is 1. The summed E-state index contributed by atoms with van der Waals surface area (Å²) < 4.78 is 2.03. The van der Waals surface area contributed by atoms with Gasteiger partial charge >= 0.3 is 0 Å². The molecule has 0 radical (unpaired) electrons. The fraction of sp³-hybridized carbons (Fsp3) is 0.500. The maximum atomic E-state index is 12.6. The Kier molecular flexibility index (Phi) is 7.75. The zero-order chi connectivity index (χ0) is 22.5. The number of carbonyl (C=O) groups excluding carboxylic acids is 1. The van der Waals surface area contributed by atoms with E-state index in [1.807, 2.05) is 10.6 Å². The van der Waals surface area contributed by atoms with Gasteiger partial charge in [-0.25, -0.2) is 0 Å². The van der Waals surface area contributed by atoms with Crippen molar-refractivity contribution in [2.75, 3.05) is 11.1 Å². The van der Waals surface area contributed by atoms with E-state index >= 15 is 0 Å². The number of nitrogens with zero attached hydrogens (tertiary/aromatic N) is 5. The molecule has 32 heavy (non-hydrogen) atoms. The molecule has 0 spiro atoms. The third-order valence-electron chi connectivity index (χ3n) is 5.70. The molecule has 3 aromatic heterocycles. The van der Waals surface area contributed by atoms with Crippen molar-refractivity contribution in [3.05, 3.63) is 33.5 Å². The number of rotatable bonds is 9. The zero-order valence-corrected chi connectivity index (χ0v) is 20.9. The molecule has 1 amide bonds. The molecule has 0 bridgehead atoms. The highest BCUT2D eigenvalue weighted by Gasteiger charge is 2.21. The van der Waals surface area contributed by atoms with Crippen LogP contribution in [-0.4, -0.2) is 36.6 Å². The van der Waals surface area contributed by atoms with Crippen molar-refractivity contribution in [2.24, 2.45) is 0 Å². The second kappa shape index (κ2) is 10.7. The van der Waals surface area contributed by atoms with E-state index in [-0.39, 0.29) is 11.7 Å². The first-order chi connectivity index (χ1) is 15.6. The van der Waals surface area contributed by atoms with Crippen molar-refractivity contribution in [3.8, 4) is 11.4 Å². The summed E-state index contributed by atoms with van der Waals surface area (Å²) in [5.74, 6) is 1.44. The molecule has 170 valence electrons. The maximum absolute atomic E-state index is 12.6. The van der Waals surface area contributed by atoms with Crippen LogP contribution in [0.25, 0.3) is 11.4 Å². The Labute approximate surface area is 200 Å². The molecule has 1 N–H and O–H groups in total. The van der Waals surface area contributed by atoms with Gasteiger partial charge in [0, 0.05) is 28.3 Å². The average molecular weight is 489 g/mol. The van der Waals surface area contributed by atoms with Crippen LogP contribution in [0.15, 0.2) is 23.2 Å². The van der Waals surface area contributed by atoms with Gasteiger partial charge in [-0.15, -0.1) is 38.3 Å². The topological polar surface area (TPSA) is 85.6 Å². The Bertz CT molecular complexity index is 1080. The highest BCUT2D eigenvalue weighted by molar-refractivity contribution is 7.99. The number of aryl methyl sites for hydroxylation is 1. The van der Waals surface area contributed by atoms with Gasteiger partial charge in [-0.1, -0.05) is 55.4 Å². The SMILES string of the molecule is C=CCn1c(SCC(=O)Nc2nnc(C3CCCCC3)s2)nnc1-c1csc(C)c1CC. The fourth-order valence-corrected chi connectivity index (χ4v) is 6.69. The predicted octanol–water partition coefficient (Wildman–Crippen LogP) is 5.69. The quantitative estimate of drug-likeness (QED) is 0.307. The van der Waals surface area contributed by atoms with Crippen LogP contribution in [-0.2, 0) is 17.8 Å². The number of carbonyl (C=O) groups is 1. The summed E-state index contributed by atoms with van der Waals surface area (Å²) in [6, 6.07) is 0. The van der Waals surface area contributed by atoms with Crippen LogP contribution in [0.2, 0.25) is 0 Å². The van der Waals surface area contributed by atoms with E-state index in [1.165, 1.54) is 65.6 Å². The van der Waals surface area contributed by atoms with Gasteiger partial charge in [-0.2, -0.15) is 0 Å². The lowest BCUT2D eigenvalue weighted by Crippen LogP contribution is -2.14. The Balaban J connectivity index is 1.41. The van der Waals surface area contributed by atoms with Crippen LogP contribution >= 0.6 is 34.4 Å². The smallest absolute Gasteiger partial charge is 0.236 e. The maximum Gasteiger partial charge on any atom is 0.236 e. The van der Waals surface area contributed by atoms with E-state index < -0.39 is 0 Å². The molecule has 0 aromatic carbocycles. The van der Waals surface area contributed by atoms with Crippen LogP contribution in [0, 0.1) is 6.92 Å². The molecule has 0 atom stereocenters. The van der Waals surface area contributed by atoms with E-state index in [4.69, 9.17) is 0 Å². The number of hydrogen-bond acceptors (Lipinski definition) is 8. The first-order valence-corrected chi connectivity index (χ1v) is 13.7. The van der Waals surface area contributed by atoms with Crippen molar-refractivity contribution in [3.63, 3.8) is 0 Å². The number of amides is 1. The van der Waals surface area contributed by atoms with Crippen LogP contribution in [0.1, 0.15) is 60.4 Å². The first-order valence-electron chi connectivity index (χ1n) is 11.0. The molecule has 1 aliphatic rings. The summed E-state index contributed by atoms with van der Waals surface area (Å²) in [7, 11) is 0. The largest absolute Gasteiger partial charge is 0.300 e. The monoisotopic (exact) mass is 488 g/mol. The second-order valence-corrected chi connectivity index (χ2v) is 10.9. The number of allylic oxidation sites excluding steroid dienone is 1. The summed E-state index contributed by atoms with van der Waals surface area (Å²) in [5.41, 5.74) is 2.41. The fourth-order valence-electron chi connectivity index (χ4n) is 4.08. The summed E-state index contributed by atoms with van der Waals surface area (Å²) in [6.07, 6.45) is 8.92. The molecule has 3 aromatic rings. The van der Waals surface area contributed by atoms with E-state index in [0.717, 1.165) is 22.8 Å². The van der Waals surface area contributed by atoms with E-state index in [0.29, 0.717) is 22.8 Å². The third kappa shape index (κ3) is 5.13. The normalized spacial score (nSPS) is 14.6. The average Bonchev–Trinajstić information content (AvgIpc) is 3.52. The second-order valence-electron chi connectivity index (χ2n) is 7.86. The standard InChI is InChI=1S/C22H28N6OS3/c1-4-11-28-19(17-12-30-14(3)16(17)5-2)24-27-22(28)31-13-18(29)23-21-26-25-20(32-21)15-9-7-6-8-10-15/h4,12,15H,1,5-11,13H2,2-3H3,(H,23,26,29). The Morgan fingerprint density at radius 1 is 1.28 bits per heavy atom. The van der Waals surface area contributed by atoms with E-state index in [9.17, 15) is 4.79 Å². The van der Waals surface area contributed by atoms with E-state index in [1.54, 1.807) is 11.3 Å². The lowest BCUT2D eigenvalue weighted by molar-refractivity contribution is -0.113. The molecular formula is C22H28N6OS3. The van der Waals surface area contributed by atoms with Crippen LogP contribution in [0.3, 0.4) is 0 Å². The highest BCUT2D eigenvalue weighted by atomic mass is 32.2. The van der Waals surface area contributed by atoms with Gasteiger partial charge in [0.1, 0.15) is 5.01 Å². The van der Waals surface area contributed by atoms with Gasteiger partial charge < -0.3 is 0 Å². The summed E-state index contributed by atoms with van der Waals surface area (Å²) in [4.78, 5) is 13.9. The molecule has 1 fully saturated rings. The molecule has 7 nitrogen and oxygen atoms in total. The lowest BCUT2D eigenvalue weighted by atomic mass is 9.90. The molecule has 1 saturated carbocycles. The molecule has 0 saturated heterocycles. The van der Waals surface area contributed by atoms with Gasteiger partial charge in [-0.3, -0.25) is 14.7 Å². The van der Waals surface area contributed by atoms with Crippen molar-refractivity contribution in [1.82, 2.24) is 25.0 Å². The van der Waals surface area contributed by atoms with Gasteiger partial charge in [0.2, 0.25) is 11.0 Å². The Morgan fingerprint density at radius 3 is 2.84 bits per heavy atom. The van der Waals surface area contributed by atoms with Crippen molar-refractivity contribution in [1.29, 1.82) is 0 Å². The molecule has 0 aliphatic heterocycles. The van der Waals surface area contributed by atoms with E-state index in [2.05, 4.69) is 51.5 Å². The minimum atomic E-state index is -0.114. The number of aromatic nitrogens is 5. The minimum Gasteiger partial charge on any atom is -0.300 e. The Morgan fingerprint density at radius 2 is 2.09 bits per heavy atom. The van der Waals surface area contributed by atoms with Crippen LogP contribution in [0.5, 0.6) is 0 Å². The minimum absolute atomic E-state index is 0.114. The highest BCUT2D eigenvalue weighted by Crippen LogP contribution is 2.35. The number of anilines is 1. The van der Waals surface area contributed by atoms with Crippen LogP contribution < -0.4 is 5.32 Å². The summed E-state index contributed by atoms with van der Waals surface area (Å²) in [5, 5.41) is 24.7. The predicted molar refractivity (Wildman–Crippen MR) is 133 cm³/mol. The van der Waals surface area contributed by atoms with Crippen molar-refractivity contribution in [2.45, 2.75) is 70.0 Å². The Hall–Kier alpha value is -2.04. The number of nitrogens with one attached hydrogen (secondary N) is 1. The molecule has 1 aliphatic carbocycles. The third-order valence-corrected chi connectivity index (χ3v) is 8.62. The van der Waals surface area contributed by atoms with Gasteiger partial charge in [0.05, 0.1) is 5.75 Å². The van der Waals surface area contributed by atoms with Gasteiger partial charge in [0.15, 0.2) is 11.0 Å². The summed E-state index contributed by atoms with van der Waals surface area (Å²) in [6.45, 7) is 8.75. The lowest BCUT2D eigenvalue weighted by Gasteiger charge is -2.18. The van der Waals surface area contributed by atoms with Gasteiger partial charge in [-0.05, 0) is 31.7 Å². The van der Waals surface area contributed by atoms with Crippen molar-refractivity contribution >= 4 is 45.5 Å². The van der Waals surface area contributed by atoms with Crippen molar-refractivity contribution < 1.29 is 4.79 Å². The van der Waals surface area contributed by atoms with Gasteiger partial charge in [0.25, 0.3) is 0 Å². The van der Waals surface area contributed by atoms with Crippen LogP contribution in [0.4, 0.5) is 5.13 Å². The zero-order valence-electron chi connectivity index (χ0n) is 18.5. The molecule has 3 heterocycles. The molecule has 0 unspecified atom stereocenters. The summed E-state index contributed by atoms with van der Waals surface area (Å²) >= 11 is 4.60. The molecule has 4 rings (SSSR count). The molecular weight excluding hydrogens is 460 g/mol. The first kappa shape index (κ1) is 23.1. The molecule has 10 heteroatoms. The number of thioether (sulfide) groups is 1.